The normalized spacial score (nSPS) is 26.7. The van der Waals surface area contributed by atoms with Crippen LogP contribution in [-0.4, -0.2) is 23.0 Å². The first-order valence-electron chi connectivity index (χ1n) is 6.53. The third kappa shape index (κ3) is 2.95. The number of carbonyl (C=O) groups is 2. The summed E-state index contributed by atoms with van der Waals surface area (Å²) in [6.45, 7) is 2.04. The minimum atomic E-state index is -1.15. The Morgan fingerprint density at radius 2 is 2.32 bits per heavy atom. The lowest BCUT2D eigenvalue weighted by atomic mass is 9.78. The van der Waals surface area contributed by atoms with Gasteiger partial charge in [-0.15, -0.1) is 0 Å². The molecule has 0 bridgehead atoms. The predicted molar refractivity (Wildman–Crippen MR) is 70.5 cm³/mol. The molecule has 0 heterocycles. The molecular formula is C15H18O4. The second kappa shape index (κ2) is 5.43. The standard InChI is InChI=1S/C15H18O4/c1-11-4-3-7-15(9-11,14(17)18)19-13-6-2-5-12(8-13)10-16/h2,5-6,8,10-11H,3-4,7,9H2,1H3,(H,17,18). The number of aliphatic carboxylic acids is 1. The van der Waals surface area contributed by atoms with E-state index < -0.39 is 11.6 Å². The largest absolute Gasteiger partial charge is 0.478 e. The van der Waals surface area contributed by atoms with Gasteiger partial charge >= 0.3 is 5.97 Å². The van der Waals surface area contributed by atoms with Gasteiger partial charge in [-0.2, -0.15) is 0 Å². The second-order valence-electron chi connectivity index (χ2n) is 5.29. The SMILES string of the molecule is CC1CCCC(Oc2cccc(C=O)c2)(C(=O)O)C1. The fourth-order valence-electron chi connectivity index (χ4n) is 2.71. The molecule has 0 saturated heterocycles. The minimum absolute atomic E-state index is 0.333. The van der Waals surface area contributed by atoms with E-state index in [9.17, 15) is 14.7 Å². The molecule has 1 saturated carbocycles. The van der Waals surface area contributed by atoms with Crippen LogP contribution in [0.5, 0.6) is 5.75 Å². The van der Waals surface area contributed by atoms with Crippen LogP contribution < -0.4 is 4.74 Å². The van der Waals surface area contributed by atoms with Crippen molar-refractivity contribution in [3.05, 3.63) is 29.8 Å². The number of carbonyl (C=O) groups excluding carboxylic acids is 1. The van der Waals surface area contributed by atoms with E-state index in [-0.39, 0.29) is 0 Å². The molecule has 0 aromatic heterocycles. The highest BCUT2D eigenvalue weighted by molar-refractivity contribution is 5.79. The Bertz CT molecular complexity index is 483. The van der Waals surface area contributed by atoms with E-state index in [1.165, 1.54) is 0 Å². The lowest BCUT2D eigenvalue weighted by molar-refractivity contribution is -0.159. The number of hydrogen-bond donors (Lipinski definition) is 1. The van der Waals surface area contributed by atoms with E-state index in [1.807, 2.05) is 6.92 Å². The zero-order valence-corrected chi connectivity index (χ0v) is 11.0. The van der Waals surface area contributed by atoms with Crippen LogP contribution in [0.25, 0.3) is 0 Å². The molecule has 0 spiro atoms. The van der Waals surface area contributed by atoms with Crippen molar-refractivity contribution >= 4 is 12.3 Å². The van der Waals surface area contributed by atoms with Gasteiger partial charge in [0.1, 0.15) is 12.0 Å². The Labute approximate surface area is 112 Å². The highest BCUT2D eigenvalue weighted by Gasteiger charge is 2.44. The second-order valence-corrected chi connectivity index (χ2v) is 5.29. The van der Waals surface area contributed by atoms with Crippen molar-refractivity contribution in [1.29, 1.82) is 0 Å². The summed E-state index contributed by atoms with van der Waals surface area (Å²) in [6, 6.07) is 6.63. The first-order valence-corrected chi connectivity index (χ1v) is 6.53. The van der Waals surface area contributed by atoms with Gasteiger partial charge in [0.2, 0.25) is 5.60 Å². The maximum absolute atomic E-state index is 11.6. The van der Waals surface area contributed by atoms with Crippen LogP contribution in [0, 0.1) is 5.92 Å². The van der Waals surface area contributed by atoms with Crippen LogP contribution in [0.1, 0.15) is 43.0 Å². The van der Waals surface area contributed by atoms with Crippen LogP contribution in [0.4, 0.5) is 0 Å². The van der Waals surface area contributed by atoms with Crippen LogP contribution in [-0.2, 0) is 4.79 Å². The van der Waals surface area contributed by atoms with Gasteiger partial charge in [0.05, 0.1) is 0 Å². The third-order valence-corrected chi connectivity index (χ3v) is 3.65. The number of aldehydes is 1. The maximum atomic E-state index is 11.6. The van der Waals surface area contributed by atoms with Crippen molar-refractivity contribution < 1.29 is 19.4 Å². The molecule has 1 N–H and O–H groups in total. The van der Waals surface area contributed by atoms with Gasteiger partial charge in [0.15, 0.2) is 0 Å². The summed E-state index contributed by atoms with van der Waals surface area (Å²) in [7, 11) is 0. The Morgan fingerprint density at radius 3 is 2.95 bits per heavy atom. The predicted octanol–water partition coefficient (Wildman–Crippen LogP) is 2.91. The third-order valence-electron chi connectivity index (χ3n) is 3.65. The molecule has 2 rings (SSSR count). The molecule has 2 atom stereocenters. The highest BCUT2D eigenvalue weighted by atomic mass is 16.5. The number of benzene rings is 1. The first kappa shape index (κ1) is 13.6. The van der Waals surface area contributed by atoms with Gasteiger partial charge in [0.25, 0.3) is 0 Å². The van der Waals surface area contributed by atoms with Crippen LogP contribution in [0.3, 0.4) is 0 Å². The molecule has 4 nitrogen and oxygen atoms in total. The lowest BCUT2D eigenvalue weighted by Crippen LogP contribution is -2.48. The zero-order valence-electron chi connectivity index (χ0n) is 11.0. The summed E-state index contributed by atoms with van der Waals surface area (Å²) < 4.78 is 5.76. The van der Waals surface area contributed by atoms with Crippen molar-refractivity contribution in [3.8, 4) is 5.75 Å². The number of hydrogen-bond acceptors (Lipinski definition) is 3. The van der Waals surface area contributed by atoms with Crippen LogP contribution in [0.15, 0.2) is 24.3 Å². The molecule has 0 aliphatic heterocycles. The van der Waals surface area contributed by atoms with Crippen LogP contribution in [0.2, 0.25) is 0 Å². The van der Waals surface area contributed by atoms with Gasteiger partial charge in [0, 0.05) is 12.0 Å². The maximum Gasteiger partial charge on any atom is 0.348 e. The topological polar surface area (TPSA) is 63.6 Å². The van der Waals surface area contributed by atoms with Crippen molar-refractivity contribution in [3.63, 3.8) is 0 Å². The smallest absolute Gasteiger partial charge is 0.348 e. The van der Waals surface area contributed by atoms with Gasteiger partial charge in [-0.05, 0) is 30.9 Å². The minimum Gasteiger partial charge on any atom is -0.478 e. The molecule has 102 valence electrons. The summed E-state index contributed by atoms with van der Waals surface area (Å²) in [5, 5.41) is 9.50. The average molecular weight is 262 g/mol. The summed E-state index contributed by atoms with van der Waals surface area (Å²) in [5.74, 6) is -0.143. The van der Waals surface area contributed by atoms with E-state index in [0.29, 0.717) is 30.1 Å². The first-order chi connectivity index (χ1) is 9.05. The molecule has 19 heavy (non-hydrogen) atoms. The number of rotatable bonds is 4. The monoisotopic (exact) mass is 262 g/mol. The number of carboxylic acids is 1. The van der Waals surface area contributed by atoms with Crippen molar-refractivity contribution in [1.82, 2.24) is 0 Å². The van der Waals surface area contributed by atoms with Crippen molar-refractivity contribution in [2.45, 2.75) is 38.2 Å². The highest BCUT2D eigenvalue weighted by Crippen LogP contribution is 2.36. The molecule has 0 radical (unpaired) electrons. The fraction of sp³-hybridized carbons (Fsp3) is 0.467. The van der Waals surface area contributed by atoms with Crippen LogP contribution >= 0.6 is 0 Å². The van der Waals surface area contributed by atoms with Crippen molar-refractivity contribution in [2.75, 3.05) is 0 Å². The Morgan fingerprint density at radius 1 is 1.53 bits per heavy atom. The van der Waals surface area contributed by atoms with E-state index in [0.717, 1.165) is 19.1 Å². The summed E-state index contributed by atoms with van der Waals surface area (Å²) in [5.41, 5.74) is -0.666. The summed E-state index contributed by atoms with van der Waals surface area (Å²) >= 11 is 0. The number of carboxylic acid groups (broad SMARTS) is 1. The molecule has 0 amide bonds. The van der Waals surface area contributed by atoms with Gasteiger partial charge in [-0.1, -0.05) is 25.5 Å². The molecular weight excluding hydrogens is 244 g/mol. The molecule has 1 aromatic rings. The Kier molecular flexibility index (Phi) is 3.88. The molecule has 2 unspecified atom stereocenters. The lowest BCUT2D eigenvalue weighted by Gasteiger charge is -2.36. The summed E-state index contributed by atoms with van der Waals surface area (Å²) in [4.78, 5) is 22.3. The summed E-state index contributed by atoms with van der Waals surface area (Å²) in [6.07, 6.45) is 3.63. The molecule has 1 aliphatic carbocycles. The molecule has 1 aromatic carbocycles. The average Bonchev–Trinajstić information content (AvgIpc) is 2.38. The zero-order chi connectivity index (χ0) is 13.9. The van der Waals surface area contributed by atoms with Crippen molar-refractivity contribution in [2.24, 2.45) is 5.92 Å². The van der Waals surface area contributed by atoms with E-state index in [1.54, 1.807) is 24.3 Å². The Balaban J connectivity index is 2.25. The Hall–Kier alpha value is -1.84. The molecule has 1 aliphatic rings. The fourth-order valence-corrected chi connectivity index (χ4v) is 2.71. The van der Waals surface area contributed by atoms with E-state index in [4.69, 9.17) is 4.74 Å². The van der Waals surface area contributed by atoms with E-state index in [2.05, 4.69) is 0 Å². The molecule has 1 fully saturated rings. The molecule has 4 heteroatoms. The van der Waals surface area contributed by atoms with Gasteiger partial charge < -0.3 is 9.84 Å². The quantitative estimate of drug-likeness (QED) is 0.847. The van der Waals surface area contributed by atoms with E-state index >= 15 is 0 Å². The van der Waals surface area contributed by atoms with Gasteiger partial charge in [-0.25, -0.2) is 4.79 Å². The van der Waals surface area contributed by atoms with Gasteiger partial charge in [-0.3, -0.25) is 4.79 Å². The number of ether oxygens (including phenoxy) is 1.